The molecule has 1 aromatic heterocycles. The monoisotopic (exact) mass is 359 g/mol. The van der Waals surface area contributed by atoms with Gasteiger partial charge in [-0.3, -0.25) is 0 Å². The van der Waals surface area contributed by atoms with Gasteiger partial charge in [0.05, 0.1) is 17.6 Å². The summed E-state index contributed by atoms with van der Waals surface area (Å²) in [7, 11) is 1.64. The van der Waals surface area contributed by atoms with Crippen LogP contribution in [0.25, 0.3) is 0 Å². The molecule has 0 spiro atoms. The van der Waals surface area contributed by atoms with Crippen LogP contribution in [0.2, 0.25) is 5.02 Å². The van der Waals surface area contributed by atoms with Crippen molar-refractivity contribution in [3.63, 3.8) is 0 Å². The zero-order chi connectivity index (χ0) is 14.0. The topological polar surface area (TPSA) is 35.2 Å². The highest BCUT2D eigenvalue weighted by Gasteiger charge is 2.20. The molecule has 0 aliphatic heterocycles. The first-order valence-electron chi connectivity index (χ1n) is 5.93. The van der Waals surface area contributed by atoms with Crippen molar-refractivity contribution in [2.45, 2.75) is 19.4 Å². The number of rotatable bonds is 4. The highest BCUT2D eigenvalue weighted by Crippen LogP contribution is 2.39. The lowest BCUT2D eigenvalue weighted by Gasteiger charge is -2.17. The summed E-state index contributed by atoms with van der Waals surface area (Å²) in [6.45, 7) is 2.13. The van der Waals surface area contributed by atoms with E-state index in [2.05, 4.69) is 34.3 Å². The van der Waals surface area contributed by atoms with E-state index in [0.717, 1.165) is 27.1 Å². The Morgan fingerprint density at radius 2 is 2.21 bits per heavy atom. The Bertz CT molecular complexity index is 585. The lowest BCUT2D eigenvalue weighted by Crippen LogP contribution is -2.13. The summed E-state index contributed by atoms with van der Waals surface area (Å²) in [6.07, 6.45) is 0.969. The minimum absolute atomic E-state index is 0.222. The van der Waals surface area contributed by atoms with Crippen LogP contribution in [0.1, 0.15) is 29.0 Å². The molecule has 5 heteroatoms. The van der Waals surface area contributed by atoms with Crippen molar-refractivity contribution in [3.05, 3.63) is 49.1 Å². The van der Waals surface area contributed by atoms with Crippen molar-refractivity contribution in [1.29, 1.82) is 0 Å². The van der Waals surface area contributed by atoms with Crippen LogP contribution >= 0.6 is 38.9 Å². The summed E-state index contributed by atoms with van der Waals surface area (Å²) in [5, 5.41) is 2.72. The van der Waals surface area contributed by atoms with Gasteiger partial charge in [0.15, 0.2) is 0 Å². The largest absolute Gasteiger partial charge is 0.495 e. The maximum atomic E-state index is 6.40. The second-order valence-corrected chi connectivity index (χ2v) is 6.39. The minimum Gasteiger partial charge on any atom is -0.495 e. The van der Waals surface area contributed by atoms with Gasteiger partial charge in [0.1, 0.15) is 5.75 Å². The van der Waals surface area contributed by atoms with Gasteiger partial charge in [0.2, 0.25) is 0 Å². The van der Waals surface area contributed by atoms with Gasteiger partial charge in [-0.15, -0.1) is 11.3 Å². The van der Waals surface area contributed by atoms with Gasteiger partial charge in [0, 0.05) is 15.5 Å². The Labute approximate surface area is 130 Å². The molecule has 0 radical (unpaired) electrons. The van der Waals surface area contributed by atoms with Crippen LogP contribution in [-0.4, -0.2) is 7.11 Å². The summed E-state index contributed by atoms with van der Waals surface area (Å²) in [4.78, 5) is 1.16. The normalized spacial score (nSPS) is 12.5. The highest BCUT2D eigenvalue weighted by atomic mass is 79.9. The second kappa shape index (κ2) is 6.27. The summed E-state index contributed by atoms with van der Waals surface area (Å²) >= 11 is 11.3. The molecular formula is C14H15BrClNOS. The van der Waals surface area contributed by atoms with Gasteiger partial charge in [-0.1, -0.05) is 18.5 Å². The molecule has 2 nitrogen and oxygen atoms in total. The molecular weight excluding hydrogens is 346 g/mol. The molecule has 0 bridgehead atoms. The number of aryl methyl sites for hydroxylation is 1. The number of benzene rings is 1. The van der Waals surface area contributed by atoms with E-state index < -0.39 is 0 Å². The van der Waals surface area contributed by atoms with Gasteiger partial charge in [-0.05, 0) is 51.5 Å². The van der Waals surface area contributed by atoms with Gasteiger partial charge in [0.25, 0.3) is 0 Å². The highest BCUT2D eigenvalue weighted by molar-refractivity contribution is 9.10. The van der Waals surface area contributed by atoms with Gasteiger partial charge < -0.3 is 10.5 Å². The molecule has 1 heterocycles. The third kappa shape index (κ3) is 2.97. The van der Waals surface area contributed by atoms with E-state index in [1.165, 1.54) is 5.56 Å². The van der Waals surface area contributed by atoms with Crippen LogP contribution in [0, 0.1) is 0 Å². The number of halogens is 2. The van der Waals surface area contributed by atoms with Crippen molar-refractivity contribution >= 4 is 38.9 Å². The fourth-order valence-corrected chi connectivity index (χ4v) is 4.09. The van der Waals surface area contributed by atoms with E-state index in [4.69, 9.17) is 22.1 Å². The third-order valence-electron chi connectivity index (χ3n) is 3.02. The van der Waals surface area contributed by atoms with Crippen molar-refractivity contribution < 1.29 is 4.74 Å². The van der Waals surface area contributed by atoms with E-state index >= 15 is 0 Å². The van der Waals surface area contributed by atoms with Gasteiger partial charge >= 0.3 is 0 Å². The number of nitrogens with two attached hydrogens (primary N) is 1. The molecule has 1 atom stereocenters. The maximum absolute atomic E-state index is 6.40. The van der Waals surface area contributed by atoms with Crippen LogP contribution < -0.4 is 10.5 Å². The Morgan fingerprint density at radius 1 is 1.47 bits per heavy atom. The first-order chi connectivity index (χ1) is 9.08. The standard InChI is InChI=1S/C14H15BrClNOS/c1-3-8-4-5-19-14(8)12(17)10-6-9(16)7-11(15)13(10)18-2/h4-7,12H,3,17H2,1-2H3. The lowest BCUT2D eigenvalue weighted by atomic mass is 10.0. The van der Waals surface area contributed by atoms with E-state index in [-0.39, 0.29) is 6.04 Å². The van der Waals surface area contributed by atoms with Gasteiger partial charge in [-0.25, -0.2) is 0 Å². The van der Waals surface area contributed by atoms with E-state index in [1.807, 2.05) is 12.1 Å². The fourth-order valence-electron chi connectivity index (χ4n) is 2.08. The predicted molar refractivity (Wildman–Crippen MR) is 85.4 cm³/mol. The van der Waals surface area contributed by atoms with Crippen molar-refractivity contribution in [2.75, 3.05) is 7.11 Å². The van der Waals surface area contributed by atoms with E-state index in [0.29, 0.717) is 5.02 Å². The second-order valence-electron chi connectivity index (χ2n) is 4.15. The molecule has 0 amide bonds. The van der Waals surface area contributed by atoms with E-state index in [1.54, 1.807) is 18.4 Å². The van der Waals surface area contributed by atoms with Crippen LogP contribution in [0.4, 0.5) is 0 Å². The molecule has 1 aromatic carbocycles. The molecule has 0 saturated carbocycles. The van der Waals surface area contributed by atoms with Crippen molar-refractivity contribution in [2.24, 2.45) is 5.73 Å². The van der Waals surface area contributed by atoms with E-state index in [9.17, 15) is 0 Å². The fraction of sp³-hybridized carbons (Fsp3) is 0.286. The Morgan fingerprint density at radius 3 is 2.84 bits per heavy atom. The average Bonchev–Trinajstić information content (AvgIpc) is 2.85. The molecule has 19 heavy (non-hydrogen) atoms. The Kier molecular flexibility index (Phi) is 4.90. The van der Waals surface area contributed by atoms with Crippen LogP contribution in [0.15, 0.2) is 28.1 Å². The first kappa shape index (κ1) is 14.9. The summed E-state index contributed by atoms with van der Waals surface area (Å²) < 4.78 is 6.26. The third-order valence-corrected chi connectivity index (χ3v) is 4.87. The summed E-state index contributed by atoms with van der Waals surface area (Å²) in [5.41, 5.74) is 8.58. The molecule has 0 aliphatic rings. The van der Waals surface area contributed by atoms with Gasteiger partial charge in [-0.2, -0.15) is 0 Å². The summed E-state index contributed by atoms with van der Waals surface area (Å²) in [6, 6.07) is 5.58. The number of thiophene rings is 1. The molecule has 2 rings (SSSR count). The maximum Gasteiger partial charge on any atom is 0.138 e. The first-order valence-corrected chi connectivity index (χ1v) is 7.98. The Balaban J connectivity index is 2.52. The number of ether oxygens (including phenoxy) is 1. The molecule has 0 fully saturated rings. The summed E-state index contributed by atoms with van der Waals surface area (Å²) in [5.74, 6) is 0.743. The van der Waals surface area contributed by atoms with Crippen LogP contribution in [0.3, 0.4) is 0 Å². The number of methoxy groups -OCH3 is 1. The van der Waals surface area contributed by atoms with Crippen LogP contribution in [0.5, 0.6) is 5.75 Å². The molecule has 0 aliphatic carbocycles. The number of hydrogen-bond donors (Lipinski definition) is 1. The molecule has 2 N–H and O–H groups in total. The molecule has 102 valence electrons. The smallest absolute Gasteiger partial charge is 0.138 e. The van der Waals surface area contributed by atoms with Crippen LogP contribution in [-0.2, 0) is 6.42 Å². The van der Waals surface area contributed by atoms with Crippen molar-refractivity contribution in [3.8, 4) is 5.75 Å². The zero-order valence-corrected chi connectivity index (χ0v) is 13.9. The minimum atomic E-state index is -0.222. The lowest BCUT2D eigenvalue weighted by molar-refractivity contribution is 0.405. The SMILES string of the molecule is CCc1ccsc1C(N)c1cc(Cl)cc(Br)c1OC. The average molecular weight is 361 g/mol. The predicted octanol–water partition coefficient (Wildman–Crippen LogP) is 4.78. The Hall–Kier alpha value is -0.550. The molecule has 1 unspecified atom stereocenters. The number of hydrogen-bond acceptors (Lipinski definition) is 3. The zero-order valence-electron chi connectivity index (χ0n) is 10.7. The molecule has 0 saturated heterocycles. The quantitative estimate of drug-likeness (QED) is 0.851. The van der Waals surface area contributed by atoms with Crippen molar-refractivity contribution in [1.82, 2.24) is 0 Å². The molecule has 2 aromatic rings.